The van der Waals surface area contributed by atoms with Gasteiger partial charge in [0.15, 0.2) is 11.5 Å². The predicted octanol–water partition coefficient (Wildman–Crippen LogP) is 4.47. The SMILES string of the molecule is CCn1cc(Cn2cc(Cl)c(NC(=O)Cn3nc(C)c4c(-c5cccc(C)c5)ccnc43)n2)cn1. The number of aryl methyl sites for hydroxylation is 3. The third-order valence-electron chi connectivity index (χ3n) is 5.76. The van der Waals surface area contributed by atoms with Crippen LogP contribution in [0.5, 0.6) is 0 Å². The van der Waals surface area contributed by atoms with Gasteiger partial charge in [-0.15, -0.1) is 0 Å². The summed E-state index contributed by atoms with van der Waals surface area (Å²) in [6.45, 7) is 7.30. The van der Waals surface area contributed by atoms with Gasteiger partial charge in [-0.3, -0.25) is 14.2 Å². The second-order valence-electron chi connectivity index (χ2n) is 8.45. The van der Waals surface area contributed by atoms with Crippen molar-refractivity contribution in [3.8, 4) is 11.1 Å². The monoisotopic (exact) mass is 488 g/mol. The van der Waals surface area contributed by atoms with Gasteiger partial charge in [0, 0.05) is 36.1 Å². The van der Waals surface area contributed by atoms with Gasteiger partial charge in [0.05, 0.1) is 18.4 Å². The van der Waals surface area contributed by atoms with Crippen molar-refractivity contribution in [3.05, 3.63) is 77.0 Å². The number of carbonyl (C=O) groups excluding carboxylic acids is 1. The third-order valence-corrected chi connectivity index (χ3v) is 6.04. The minimum absolute atomic E-state index is 0.0128. The van der Waals surface area contributed by atoms with E-state index < -0.39 is 0 Å². The van der Waals surface area contributed by atoms with Crippen molar-refractivity contribution >= 4 is 34.4 Å². The van der Waals surface area contributed by atoms with E-state index in [2.05, 4.69) is 50.7 Å². The van der Waals surface area contributed by atoms with Gasteiger partial charge in [-0.25, -0.2) is 9.67 Å². The Morgan fingerprint density at radius 3 is 2.74 bits per heavy atom. The summed E-state index contributed by atoms with van der Waals surface area (Å²) >= 11 is 6.34. The summed E-state index contributed by atoms with van der Waals surface area (Å²) in [6, 6.07) is 10.3. The van der Waals surface area contributed by atoms with Crippen LogP contribution in [-0.2, 0) is 24.4 Å². The first kappa shape index (κ1) is 22.8. The van der Waals surface area contributed by atoms with Crippen LogP contribution in [0.15, 0.2) is 55.1 Å². The van der Waals surface area contributed by atoms with Gasteiger partial charge in [0.2, 0.25) is 5.91 Å². The molecule has 0 spiro atoms. The van der Waals surface area contributed by atoms with Crippen LogP contribution in [0.1, 0.15) is 23.7 Å². The van der Waals surface area contributed by atoms with Crippen molar-refractivity contribution in [3.63, 3.8) is 0 Å². The fraction of sp³-hybridized carbons (Fsp3) is 0.240. The molecule has 35 heavy (non-hydrogen) atoms. The molecule has 5 rings (SSSR count). The van der Waals surface area contributed by atoms with E-state index >= 15 is 0 Å². The van der Waals surface area contributed by atoms with E-state index in [-0.39, 0.29) is 12.5 Å². The standard InChI is InChI=1S/C25H25ClN8O/c1-4-32-12-18(11-28-32)13-33-14-21(26)24(31-33)29-22(35)15-34-25-23(17(3)30-34)20(8-9-27-25)19-7-5-6-16(2)10-19/h5-12,14H,4,13,15H2,1-3H3,(H,29,31,35). The Labute approximate surface area is 207 Å². The Balaban J connectivity index is 1.35. The van der Waals surface area contributed by atoms with Crippen LogP contribution in [0.25, 0.3) is 22.2 Å². The maximum Gasteiger partial charge on any atom is 0.247 e. The number of fused-ring (bicyclic) bond motifs is 1. The van der Waals surface area contributed by atoms with Crippen molar-refractivity contribution in [1.82, 2.24) is 34.3 Å². The molecule has 9 nitrogen and oxygen atoms in total. The zero-order valence-electron chi connectivity index (χ0n) is 19.7. The summed E-state index contributed by atoms with van der Waals surface area (Å²) in [5.74, 6) is 0.0178. The lowest BCUT2D eigenvalue weighted by molar-refractivity contribution is -0.116. The normalized spacial score (nSPS) is 11.3. The average Bonchev–Trinajstić information content (AvgIpc) is 3.52. The van der Waals surface area contributed by atoms with Crippen molar-refractivity contribution in [2.45, 2.75) is 40.4 Å². The molecule has 10 heteroatoms. The lowest BCUT2D eigenvalue weighted by Gasteiger charge is -2.06. The summed E-state index contributed by atoms with van der Waals surface area (Å²) in [7, 11) is 0. The molecule has 0 bridgehead atoms. The molecule has 0 aliphatic carbocycles. The third kappa shape index (κ3) is 4.67. The first-order valence-corrected chi connectivity index (χ1v) is 11.7. The second kappa shape index (κ2) is 9.34. The van der Waals surface area contributed by atoms with Crippen LogP contribution in [0.3, 0.4) is 0 Å². The summed E-state index contributed by atoms with van der Waals surface area (Å²) in [6.07, 6.45) is 7.18. The van der Waals surface area contributed by atoms with E-state index in [4.69, 9.17) is 11.6 Å². The number of nitrogens with one attached hydrogen (secondary N) is 1. The molecule has 0 aliphatic rings. The number of anilines is 1. The van der Waals surface area contributed by atoms with Crippen LogP contribution in [0.4, 0.5) is 5.82 Å². The molecule has 4 heterocycles. The van der Waals surface area contributed by atoms with E-state index in [1.54, 1.807) is 28.0 Å². The van der Waals surface area contributed by atoms with E-state index in [0.717, 1.165) is 34.3 Å². The van der Waals surface area contributed by atoms with E-state index in [1.807, 2.05) is 36.9 Å². The fourth-order valence-corrected chi connectivity index (χ4v) is 4.36. The van der Waals surface area contributed by atoms with E-state index in [1.165, 1.54) is 5.56 Å². The largest absolute Gasteiger partial charge is 0.306 e. The van der Waals surface area contributed by atoms with Gasteiger partial charge >= 0.3 is 0 Å². The van der Waals surface area contributed by atoms with Gasteiger partial charge in [0.25, 0.3) is 0 Å². The van der Waals surface area contributed by atoms with Gasteiger partial charge < -0.3 is 5.32 Å². The molecule has 5 aromatic rings. The number of hydrogen-bond acceptors (Lipinski definition) is 5. The number of aromatic nitrogens is 7. The minimum atomic E-state index is -0.289. The molecule has 0 aliphatic heterocycles. The predicted molar refractivity (Wildman–Crippen MR) is 135 cm³/mol. The summed E-state index contributed by atoms with van der Waals surface area (Å²) in [5, 5.41) is 17.4. The topological polar surface area (TPSA) is 95.5 Å². The van der Waals surface area contributed by atoms with Crippen molar-refractivity contribution in [2.75, 3.05) is 5.32 Å². The van der Waals surface area contributed by atoms with Crippen LogP contribution in [0, 0.1) is 13.8 Å². The lowest BCUT2D eigenvalue weighted by Crippen LogP contribution is -2.20. The molecule has 0 radical (unpaired) electrons. The number of hydrogen-bond donors (Lipinski definition) is 1. The Kier molecular flexibility index (Phi) is 6.08. The highest BCUT2D eigenvalue weighted by Gasteiger charge is 2.17. The Hall–Kier alpha value is -3.98. The van der Waals surface area contributed by atoms with Crippen molar-refractivity contribution < 1.29 is 4.79 Å². The molecular formula is C25H25ClN8O. The number of amides is 1. The maximum absolute atomic E-state index is 12.9. The first-order valence-electron chi connectivity index (χ1n) is 11.3. The average molecular weight is 489 g/mol. The number of nitrogens with zero attached hydrogens (tertiary/aromatic N) is 7. The van der Waals surface area contributed by atoms with Crippen LogP contribution in [-0.4, -0.2) is 40.2 Å². The molecule has 1 aromatic carbocycles. The van der Waals surface area contributed by atoms with Gasteiger partial charge in [0.1, 0.15) is 11.6 Å². The van der Waals surface area contributed by atoms with E-state index in [9.17, 15) is 4.79 Å². The molecule has 0 saturated carbocycles. The molecule has 0 atom stereocenters. The lowest BCUT2D eigenvalue weighted by atomic mass is 10.0. The molecule has 1 amide bonds. The highest BCUT2D eigenvalue weighted by Crippen LogP contribution is 2.30. The molecule has 0 unspecified atom stereocenters. The quantitative estimate of drug-likeness (QED) is 0.364. The zero-order valence-corrected chi connectivity index (χ0v) is 20.5. The number of rotatable bonds is 7. The number of halogens is 1. The fourth-order valence-electron chi connectivity index (χ4n) is 4.16. The van der Waals surface area contributed by atoms with Gasteiger partial charge in [-0.2, -0.15) is 15.3 Å². The van der Waals surface area contributed by atoms with Gasteiger partial charge in [-0.1, -0.05) is 41.4 Å². The summed E-state index contributed by atoms with van der Waals surface area (Å²) in [5.41, 5.74) is 5.76. The molecule has 1 N–H and O–H groups in total. The highest BCUT2D eigenvalue weighted by molar-refractivity contribution is 6.33. The molecule has 0 saturated heterocycles. The Morgan fingerprint density at radius 1 is 1.11 bits per heavy atom. The molecule has 178 valence electrons. The second-order valence-corrected chi connectivity index (χ2v) is 8.85. The Bertz CT molecular complexity index is 1530. The molecular weight excluding hydrogens is 464 g/mol. The summed E-state index contributed by atoms with van der Waals surface area (Å²) < 4.78 is 5.14. The summed E-state index contributed by atoms with van der Waals surface area (Å²) in [4.78, 5) is 17.4. The Morgan fingerprint density at radius 2 is 1.97 bits per heavy atom. The van der Waals surface area contributed by atoms with E-state index in [0.29, 0.717) is 23.0 Å². The number of benzene rings is 1. The highest BCUT2D eigenvalue weighted by atomic mass is 35.5. The van der Waals surface area contributed by atoms with Gasteiger partial charge in [-0.05, 0) is 38.0 Å². The zero-order chi connectivity index (χ0) is 24.5. The van der Waals surface area contributed by atoms with Crippen molar-refractivity contribution in [2.24, 2.45) is 0 Å². The number of pyridine rings is 1. The number of carbonyl (C=O) groups is 1. The maximum atomic E-state index is 12.9. The van der Waals surface area contributed by atoms with Crippen LogP contribution < -0.4 is 5.32 Å². The van der Waals surface area contributed by atoms with Crippen LogP contribution >= 0.6 is 11.6 Å². The smallest absolute Gasteiger partial charge is 0.247 e. The molecule has 4 aromatic heterocycles. The first-order chi connectivity index (χ1) is 16.9. The van der Waals surface area contributed by atoms with Crippen molar-refractivity contribution in [1.29, 1.82) is 0 Å². The minimum Gasteiger partial charge on any atom is -0.306 e. The molecule has 0 fully saturated rings. The van der Waals surface area contributed by atoms with Crippen LogP contribution in [0.2, 0.25) is 5.02 Å².